The van der Waals surface area contributed by atoms with Gasteiger partial charge in [-0.3, -0.25) is 14.2 Å². The SMILES string of the molecule is CCc1ccc(-n2c(SCC(=O)Nc3cc(Cl)c(Cl)cc3Cl)nc3ccccc3c2=O)cc1. The Morgan fingerprint density at radius 1 is 1.00 bits per heavy atom. The second kappa shape index (κ2) is 10.2. The van der Waals surface area contributed by atoms with E-state index in [1.54, 1.807) is 18.2 Å². The summed E-state index contributed by atoms with van der Waals surface area (Å²) in [5.74, 6) is -0.315. The standard InChI is InChI=1S/C24H18Cl3N3O2S/c1-2-14-7-9-15(10-8-14)30-23(32)16-5-3-4-6-20(16)29-24(30)33-13-22(31)28-21-12-18(26)17(25)11-19(21)27/h3-12H,2,13H2,1H3,(H,28,31). The lowest BCUT2D eigenvalue weighted by molar-refractivity contribution is -0.113. The average molecular weight is 519 g/mol. The molecule has 0 bridgehead atoms. The van der Waals surface area contributed by atoms with Crippen LogP contribution in [0.3, 0.4) is 0 Å². The third-order valence-electron chi connectivity index (χ3n) is 4.96. The number of hydrogen-bond donors (Lipinski definition) is 1. The molecular formula is C24H18Cl3N3O2S. The summed E-state index contributed by atoms with van der Waals surface area (Å²) in [6, 6.07) is 17.8. The minimum atomic E-state index is -0.324. The van der Waals surface area contributed by atoms with Gasteiger partial charge in [0.15, 0.2) is 5.16 Å². The maximum atomic E-state index is 13.3. The van der Waals surface area contributed by atoms with Crippen molar-refractivity contribution in [2.75, 3.05) is 11.1 Å². The molecule has 4 rings (SSSR count). The normalized spacial score (nSPS) is 11.0. The molecule has 33 heavy (non-hydrogen) atoms. The summed E-state index contributed by atoms with van der Waals surface area (Å²) < 4.78 is 1.53. The minimum absolute atomic E-state index is 0.00833. The highest BCUT2D eigenvalue weighted by atomic mass is 35.5. The molecule has 1 heterocycles. The van der Waals surface area contributed by atoms with E-state index < -0.39 is 0 Å². The number of hydrogen-bond acceptors (Lipinski definition) is 4. The molecule has 0 spiro atoms. The summed E-state index contributed by atoms with van der Waals surface area (Å²) in [5, 5.41) is 4.51. The van der Waals surface area contributed by atoms with Crippen molar-refractivity contribution >= 4 is 69.1 Å². The summed E-state index contributed by atoms with van der Waals surface area (Å²) in [6.45, 7) is 2.07. The zero-order chi connectivity index (χ0) is 23.5. The number of thioether (sulfide) groups is 1. The fraction of sp³-hybridized carbons (Fsp3) is 0.125. The van der Waals surface area contributed by atoms with Gasteiger partial charge in [-0.05, 0) is 48.4 Å². The van der Waals surface area contributed by atoms with Crippen LogP contribution in [0.4, 0.5) is 5.69 Å². The van der Waals surface area contributed by atoms with E-state index in [-0.39, 0.29) is 27.3 Å². The fourth-order valence-corrected chi connectivity index (χ4v) is 4.66. The van der Waals surface area contributed by atoms with Crippen molar-refractivity contribution < 1.29 is 4.79 Å². The molecule has 0 aliphatic heterocycles. The lowest BCUT2D eigenvalue weighted by atomic mass is 10.1. The third kappa shape index (κ3) is 5.20. The smallest absolute Gasteiger partial charge is 0.266 e. The molecule has 0 unspecified atom stereocenters. The van der Waals surface area contributed by atoms with Crippen LogP contribution in [0, 0.1) is 0 Å². The summed E-state index contributed by atoms with van der Waals surface area (Å²) in [5.41, 5.74) is 2.58. The van der Waals surface area contributed by atoms with Crippen molar-refractivity contribution in [2.24, 2.45) is 0 Å². The van der Waals surface area contributed by atoms with Crippen molar-refractivity contribution in [2.45, 2.75) is 18.5 Å². The Labute approximate surface area is 209 Å². The van der Waals surface area contributed by atoms with E-state index in [0.717, 1.165) is 23.7 Å². The van der Waals surface area contributed by atoms with Crippen LogP contribution in [0.1, 0.15) is 12.5 Å². The van der Waals surface area contributed by atoms with Crippen LogP contribution in [-0.4, -0.2) is 21.2 Å². The molecule has 0 fully saturated rings. The van der Waals surface area contributed by atoms with Gasteiger partial charge in [0.25, 0.3) is 5.56 Å². The monoisotopic (exact) mass is 517 g/mol. The molecule has 0 saturated heterocycles. The van der Waals surface area contributed by atoms with Gasteiger partial charge >= 0.3 is 0 Å². The highest BCUT2D eigenvalue weighted by Crippen LogP contribution is 2.32. The Kier molecular flexibility index (Phi) is 7.29. The topological polar surface area (TPSA) is 64.0 Å². The van der Waals surface area contributed by atoms with E-state index in [0.29, 0.717) is 32.5 Å². The van der Waals surface area contributed by atoms with Gasteiger partial charge in [0.05, 0.1) is 43.1 Å². The van der Waals surface area contributed by atoms with Gasteiger partial charge in [0.1, 0.15) is 0 Å². The van der Waals surface area contributed by atoms with Crippen LogP contribution in [-0.2, 0) is 11.2 Å². The summed E-state index contributed by atoms with van der Waals surface area (Å²) in [4.78, 5) is 30.6. The first kappa shape index (κ1) is 23.6. The van der Waals surface area contributed by atoms with Gasteiger partial charge in [-0.1, -0.05) is 77.8 Å². The van der Waals surface area contributed by atoms with Gasteiger partial charge in [0.2, 0.25) is 5.91 Å². The largest absolute Gasteiger partial charge is 0.324 e. The van der Waals surface area contributed by atoms with Gasteiger partial charge < -0.3 is 5.32 Å². The second-order valence-electron chi connectivity index (χ2n) is 7.16. The number of anilines is 1. The van der Waals surface area contributed by atoms with Crippen molar-refractivity contribution in [1.29, 1.82) is 0 Å². The van der Waals surface area contributed by atoms with Crippen molar-refractivity contribution in [3.8, 4) is 5.69 Å². The number of nitrogens with one attached hydrogen (secondary N) is 1. The van der Waals surface area contributed by atoms with E-state index in [4.69, 9.17) is 34.8 Å². The summed E-state index contributed by atoms with van der Waals surface area (Å²) in [7, 11) is 0. The number of aromatic nitrogens is 2. The van der Waals surface area contributed by atoms with E-state index in [1.807, 2.05) is 30.3 Å². The Balaban J connectivity index is 1.66. The molecule has 1 amide bonds. The number of aryl methyl sites for hydroxylation is 1. The lowest BCUT2D eigenvalue weighted by Crippen LogP contribution is -2.23. The van der Waals surface area contributed by atoms with Gasteiger partial charge in [-0.15, -0.1) is 0 Å². The van der Waals surface area contributed by atoms with Crippen molar-refractivity contribution in [1.82, 2.24) is 9.55 Å². The maximum Gasteiger partial charge on any atom is 0.266 e. The number of nitrogens with zero attached hydrogens (tertiary/aromatic N) is 2. The van der Waals surface area contributed by atoms with Crippen LogP contribution >= 0.6 is 46.6 Å². The van der Waals surface area contributed by atoms with Gasteiger partial charge in [0, 0.05) is 0 Å². The summed E-state index contributed by atoms with van der Waals surface area (Å²) >= 11 is 19.3. The van der Waals surface area contributed by atoms with Crippen LogP contribution in [0.5, 0.6) is 0 Å². The van der Waals surface area contributed by atoms with Crippen molar-refractivity contribution in [3.05, 3.63) is 91.6 Å². The zero-order valence-electron chi connectivity index (χ0n) is 17.4. The first-order valence-electron chi connectivity index (χ1n) is 10.1. The van der Waals surface area contributed by atoms with Gasteiger partial charge in [-0.2, -0.15) is 0 Å². The Morgan fingerprint density at radius 3 is 2.42 bits per heavy atom. The number of carbonyl (C=O) groups is 1. The van der Waals surface area contributed by atoms with Crippen LogP contribution in [0.25, 0.3) is 16.6 Å². The van der Waals surface area contributed by atoms with Crippen LogP contribution in [0.15, 0.2) is 70.6 Å². The zero-order valence-corrected chi connectivity index (χ0v) is 20.5. The quantitative estimate of drug-likeness (QED) is 0.177. The first-order chi connectivity index (χ1) is 15.9. The highest BCUT2D eigenvalue weighted by Gasteiger charge is 2.16. The molecule has 1 N–H and O–H groups in total. The number of carbonyl (C=O) groups excluding carboxylic acids is 1. The predicted octanol–water partition coefficient (Wildman–Crippen LogP) is 6.64. The van der Waals surface area contributed by atoms with E-state index in [1.165, 1.54) is 16.7 Å². The van der Waals surface area contributed by atoms with Crippen LogP contribution < -0.4 is 10.9 Å². The third-order valence-corrected chi connectivity index (χ3v) is 6.94. The number of benzene rings is 3. The Morgan fingerprint density at radius 2 is 1.70 bits per heavy atom. The molecule has 0 saturated carbocycles. The molecule has 0 radical (unpaired) electrons. The number of amides is 1. The minimum Gasteiger partial charge on any atom is -0.324 e. The van der Waals surface area contributed by atoms with E-state index in [2.05, 4.69) is 17.2 Å². The highest BCUT2D eigenvalue weighted by molar-refractivity contribution is 7.99. The van der Waals surface area contributed by atoms with Gasteiger partial charge in [-0.25, -0.2) is 4.98 Å². The molecular weight excluding hydrogens is 501 g/mol. The molecule has 0 aliphatic carbocycles. The molecule has 4 aromatic rings. The maximum absolute atomic E-state index is 13.3. The molecule has 9 heteroatoms. The molecule has 168 valence electrons. The number of para-hydroxylation sites is 1. The molecule has 3 aromatic carbocycles. The van der Waals surface area contributed by atoms with E-state index in [9.17, 15) is 9.59 Å². The fourth-order valence-electron chi connectivity index (χ4n) is 3.25. The number of halogens is 3. The lowest BCUT2D eigenvalue weighted by Gasteiger charge is -2.14. The molecule has 0 atom stereocenters. The van der Waals surface area contributed by atoms with Crippen LogP contribution in [0.2, 0.25) is 15.1 Å². The number of fused-ring (bicyclic) bond motifs is 1. The average Bonchev–Trinajstić information content (AvgIpc) is 2.81. The molecule has 1 aromatic heterocycles. The molecule has 0 aliphatic rings. The molecule has 5 nitrogen and oxygen atoms in total. The number of rotatable bonds is 6. The summed E-state index contributed by atoms with van der Waals surface area (Å²) in [6.07, 6.45) is 0.893. The van der Waals surface area contributed by atoms with E-state index >= 15 is 0 Å². The Hall–Kier alpha value is -2.51. The second-order valence-corrected chi connectivity index (χ2v) is 9.32. The Bertz CT molecular complexity index is 1400. The predicted molar refractivity (Wildman–Crippen MR) is 138 cm³/mol. The van der Waals surface area contributed by atoms with Crippen molar-refractivity contribution in [3.63, 3.8) is 0 Å². The first-order valence-corrected chi connectivity index (χ1v) is 12.2.